The standard InChI is InChI=1S/C13H10Br2ClFN2O/c1-20-13-5-11(6(14)2-7(13)15)19-12-3-8(16)9(17)4-10(12)18/h2-5,19H,18H2,1H3. The Morgan fingerprint density at radius 1 is 1.15 bits per heavy atom. The summed E-state index contributed by atoms with van der Waals surface area (Å²) < 4.78 is 20.1. The maximum atomic E-state index is 13.3. The molecule has 0 amide bonds. The molecule has 20 heavy (non-hydrogen) atoms. The number of hydrogen-bond donors (Lipinski definition) is 2. The van der Waals surface area contributed by atoms with Gasteiger partial charge in [0.1, 0.15) is 11.6 Å². The normalized spacial score (nSPS) is 10.4. The molecule has 0 aliphatic rings. The van der Waals surface area contributed by atoms with Gasteiger partial charge in [0.15, 0.2) is 0 Å². The number of anilines is 3. The number of nitrogens with two attached hydrogens (primary N) is 1. The quantitative estimate of drug-likeness (QED) is 0.654. The molecule has 106 valence electrons. The molecule has 0 aromatic heterocycles. The Kier molecular flexibility index (Phi) is 4.78. The van der Waals surface area contributed by atoms with Gasteiger partial charge in [-0.1, -0.05) is 11.6 Å². The summed E-state index contributed by atoms with van der Waals surface area (Å²) in [5, 5.41) is 3.09. The van der Waals surface area contributed by atoms with Crippen LogP contribution in [0.3, 0.4) is 0 Å². The third kappa shape index (κ3) is 3.19. The average Bonchev–Trinajstić information content (AvgIpc) is 2.38. The van der Waals surface area contributed by atoms with Crippen LogP contribution in [0, 0.1) is 5.82 Å². The van der Waals surface area contributed by atoms with Crippen molar-refractivity contribution in [1.29, 1.82) is 0 Å². The van der Waals surface area contributed by atoms with Gasteiger partial charge in [-0.3, -0.25) is 0 Å². The van der Waals surface area contributed by atoms with Crippen LogP contribution >= 0.6 is 43.5 Å². The molecule has 0 bridgehead atoms. The van der Waals surface area contributed by atoms with Gasteiger partial charge in [0, 0.05) is 16.6 Å². The van der Waals surface area contributed by atoms with Crippen molar-refractivity contribution in [1.82, 2.24) is 0 Å². The lowest BCUT2D eigenvalue weighted by molar-refractivity contribution is 0.412. The van der Waals surface area contributed by atoms with E-state index in [2.05, 4.69) is 37.2 Å². The molecule has 3 nitrogen and oxygen atoms in total. The summed E-state index contributed by atoms with van der Waals surface area (Å²) in [6.45, 7) is 0. The van der Waals surface area contributed by atoms with E-state index in [1.807, 2.05) is 6.07 Å². The van der Waals surface area contributed by atoms with Gasteiger partial charge >= 0.3 is 0 Å². The molecule has 0 radical (unpaired) electrons. The van der Waals surface area contributed by atoms with Gasteiger partial charge in [0.2, 0.25) is 0 Å². The highest BCUT2D eigenvalue weighted by atomic mass is 79.9. The minimum atomic E-state index is -0.554. The second-order valence-corrected chi connectivity index (χ2v) is 6.06. The zero-order valence-electron chi connectivity index (χ0n) is 10.3. The third-order valence-electron chi connectivity index (χ3n) is 2.60. The molecule has 0 saturated carbocycles. The molecule has 2 aromatic rings. The molecular weight excluding hydrogens is 414 g/mol. The van der Waals surface area contributed by atoms with E-state index in [-0.39, 0.29) is 10.7 Å². The van der Waals surface area contributed by atoms with Crippen LogP contribution in [0.25, 0.3) is 0 Å². The zero-order valence-corrected chi connectivity index (χ0v) is 14.2. The molecule has 0 atom stereocenters. The molecule has 0 unspecified atom stereocenters. The van der Waals surface area contributed by atoms with Gasteiger partial charge in [0.05, 0.1) is 33.7 Å². The topological polar surface area (TPSA) is 47.3 Å². The van der Waals surface area contributed by atoms with Gasteiger partial charge in [0.25, 0.3) is 0 Å². The molecule has 0 heterocycles. The molecule has 2 rings (SSSR count). The van der Waals surface area contributed by atoms with Crippen molar-refractivity contribution in [2.75, 3.05) is 18.2 Å². The number of rotatable bonds is 3. The SMILES string of the molecule is COc1cc(Nc2cc(Cl)c(F)cc2N)c(Br)cc1Br. The lowest BCUT2D eigenvalue weighted by Gasteiger charge is -2.14. The van der Waals surface area contributed by atoms with E-state index < -0.39 is 5.82 Å². The van der Waals surface area contributed by atoms with E-state index in [0.717, 1.165) is 14.6 Å². The van der Waals surface area contributed by atoms with Crippen LogP contribution in [0.4, 0.5) is 21.5 Å². The van der Waals surface area contributed by atoms with E-state index in [0.29, 0.717) is 11.4 Å². The summed E-state index contributed by atoms with van der Waals surface area (Å²) in [5.74, 6) is 0.102. The van der Waals surface area contributed by atoms with Crippen LogP contribution in [0.1, 0.15) is 0 Å². The van der Waals surface area contributed by atoms with E-state index in [1.54, 1.807) is 13.2 Å². The predicted octanol–water partition coefficient (Wildman–Crippen LogP) is 5.34. The molecule has 0 aliphatic carbocycles. The average molecular weight is 424 g/mol. The monoisotopic (exact) mass is 422 g/mol. The number of nitrogens with one attached hydrogen (secondary N) is 1. The van der Waals surface area contributed by atoms with E-state index in [1.165, 1.54) is 12.1 Å². The Bertz CT molecular complexity index is 667. The number of methoxy groups -OCH3 is 1. The highest BCUT2D eigenvalue weighted by Crippen LogP contribution is 2.37. The zero-order chi connectivity index (χ0) is 14.9. The third-order valence-corrected chi connectivity index (χ3v) is 4.17. The van der Waals surface area contributed by atoms with Crippen molar-refractivity contribution in [3.63, 3.8) is 0 Å². The smallest absolute Gasteiger partial charge is 0.143 e. The van der Waals surface area contributed by atoms with Crippen molar-refractivity contribution in [3.8, 4) is 5.75 Å². The van der Waals surface area contributed by atoms with E-state index in [9.17, 15) is 4.39 Å². The predicted molar refractivity (Wildman–Crippen MR) is 87.5 cm³/mol. The molecule has 0 aliphatic heterocycles. The van der Waals surface area contributed by atoms with Crippen LogP contribution in [-0.4, -0.2) is 7.11 Å². The van der Waals surface area contributed by atoms with Gasteiger partial charge < -0.3 is 15.8 Å². The molecule has 2 aromatic carbocycles. The number of halogens is 4. The summed E-state index contributed by atoms with van der Waals surface area (Å²) in [6.07, 6.45) is 0. The van der Waals surface area contributed by atoms with Crippen molar-refractivity contribution >= 4 is 60.5 Å². The number of benzene rings is 2. The van der Waals surface area contributed by atoms with E-state index in [4.69, 9.17) is 22.1 Å². The lowest BCUT2D eigenvalue weighted by atomic mass is 10.2. The minimum absolute atomic E-state index is 0.00176. The first-order chi connectivity index (χ1) is 9.42. The molecule has 7 heteroatoms. The summed E-state index contributed by atoms with van der Waals surface area (Å²) in [5.41, 5.74) is 7.27. The maximum Gasteiger partial charge on any atom is 0.143 e. The number of nitrogen functional groups attached to an aromatic ring is 1. The fraction of sp³-hybridized carbons (Fsp3) is 0.0769. The first-order valence-corrected chi connectivity index (χ1v) is 7.43. The summed E-state index contributed by atoms with van der Waals surface area (Å²) in [4.78, 5) is 0. The van der Waals surface area contributed by atoms with Crippen LogP contribution in [0.15, 0.2) is 33.2 Å². The van der Waals surface area contributed by atoms with Gasteiger partial charge in [-0.05, 0) is 44.0 Å². The fourth-order valence-electron chi connectivity index (χ4n) is 1.60. The van der Waals surface area contributed by atoms with Gasteiger partial charge in [-0.25, -0.2) is 4.39 Å². The van der Waals surface area contributed by atoms with Crippen molar-refractivity contribution in [2.45, 2.75) is 0 Å². The van der Waals surface area contributed by atoms with Crippen molar-refractivity contribution in [2.24, 2.45) is 0 Å². The first kappa shape index (κ1) is 15.4. The van der Waals surface area contributed by atoms with Gasteiger partial charge in [-0.2, -0.15) is 0 Å². The molecular formula is C13H10Br2ClFN2O. The van der Waals surface area contributed by atoms with Crippen LogP contribution in [0.5, 0.6) is 5.75 Å². The number of ether oxygens (including phenoxy) is 1. The van der Waals surface area contributed by atoms with Crippen LogP contribution < -0.4 is 15.8 Å². The Balaban J connectivity index is 2.42. The van der Waals surface area contributed by atoms with Crippen molar-refractivity contribution in [3.05, 3.63) is 44.1 Å². The Labute approximate surface area is 137 Å². The lowest BCUT2D eigenvalue weighted by Crippen LogP contribution is -1.99. The molecule has 0 fully saturated rings. The second kappa shape index (κ2) is 6.20. The summed E-state index contributed by atoms with van der Waals surface area (Å²) >= 11 is 12.6. The van der Waals surface area contributed by atoms with Crippen LogP contribution in [0.2, 0.25) is 5.02 Å². The molecule has 0 spiro atoms. The highest BCUT2D eigenvalue weighted by molar-refractivity contribution is 9.11. The van der Waals surface area contributed by atoms with Crippen LogP contribution in [-0.2, 0) is 0 Å². The Morgan fingerprint density at radius 2 is 1.85 bits per heavy atom. The largest absolute Gasteiger partial charge is 0.495 e. The van der Waals surface area contributed by atoms with Crippen molar-refractivity contribution < 1.29 is 9.13 Å². The first-order valence-electron chi connectivity index (χ1n) is 5.47. The van der Waals surface area contributed by atoms with E-state index >= 15 is 0 Å². The Hall–Kier alpha value is -0.980. The molecule has 3 N–H and O–H groups in total. The highest BCUT2D eigenvalue weighted by Gasteiger charge is 2.11. The number of hydrogen-bond acceptors (Lipinski definition) is 3. The minimum Gasteiger partial charge on any atom is -0.495 e. The summed E-state index contributed by atoms with van der Waals surface area (Å²) in [7, 11) is 1.57. The maximum absolute atomic E-state index is 13.3. The fourth-order valence-corrected chi connectivity index (χ4v) is 3.02. The Morgan fingerprint density at radius 3 is 2.50 bits per heavy atom. The summed E-state index contributed by atoms with van der Waals surface area (Å²) in [6, 6.07) is 6.23. The second-order valence-electron chi connectivity index (χ2n) is 3.95. The van der Waals surface area contributed by atoms with Gasteiger partial charge in [-0.15, -0.1) is 0 Å². The molecule has 0 saturated heterocycles.